The van der Waals surface area contributed by atoms with Gasteiger partial charge in [-0.2, -0.15) is 4.31 Å². The van der Waals surface area contributed by atoms with Gasteiger partial charge in [-0.1, -0.05) is 38.1 Å². The van der Waals surface area contributed by atoms with Crippen molar-refractivity contribution >= 4 is 21.1 Å². The van der Waals surface area contributed by atoms with Crippen LogP contribution in [0.2, 0.25) is 0 Å². The molecule has 0 saturated carbocycles. The van der Waals surface area contributed by atoms with Gasteiger partial charge in [0.2, 0.25) is 10.0 Å². The zero-order valence-corrected chi connectivity index (χ0v) is 18.8. The highest BCUT2D eigenvalue weighted by molar-refractivity contribution is 7.89. The number of sulfonamides is 1. The van der Waals surface area contributed by atoms with E-state index in [4.69, 9.17) is 4.42 Å². The number of aromatic nitrogens is 1. The molecule has 7 nitrogen and oxygen atoms in total. The first-order valence-corrected chi connectivity index (χ1v) is 12.2. The maximum absolute atomic E-state index is 13.0. The lowest BCUT2D eigenvalue weighted by Gasteiger charge is -2.34. The van der Waals surface area contributed by atoms with E-state index >= 15 is 0 Å². The minimum absolute atomic E-state index is 0.333. The first-order chi connectivity index (χ1) is 14.9. The van der Waals surface area contributed by atoms with Crippen LogP contribution in [-0.4, -0.2) is 54.9 Å². The van der Waals surface area contributed by atoms with Crippen LogP contribution in [0.4, 0.5) is 0 Å². The molecular weight excluding hydrogens is 414 g/mol. The molecule has 0 N–H and O–H groups in total. The summed E-state index contributed by atoms with van der Waals surface area (Å²) < 4.78 is 34.4. The normalized spacial score (nSPS) is 16.4. The molecule has 1 saturated heterocycles. The van der Waals surface area contributed by atoms with E-state index < -0.39 is 10.0 Å². The lowest BCUT2D eigenvalue weighted by molar-refractivity contribution is 0.184. The van der Waals surface area contributed by atoms with Crippen molar-refractivity contribution in [2.75, 3.05) is 32.7 Å². The zero-order chi connectivity index (χ0) is 22.0. The number of aryl methyl sites for hydroxylation is 1. The van der Waals surface area contributed by atoms with Crippen molar-refractivity contribution in [2.24, 2.45) is 0 Å². The first kappa shape index (κ1) is 21.8. The highest BCUT2D eigenvalue weighted by Gasteiger charge is 2.28. The van der Waals surface area contributed by atoms with Crippen molar-refractivity contribution in [3.05, 3.63) is 64.6 Å². The molecule has 0 radical (unpaired) electrons. The molecule has 1 aliphatic heterocycles. The van der Waals surface area contributed by atoms with Crippen LogP contribution in [0.15, 0.2) is 62.6 Å². The number of rotatable bonds is 7. The Bertz CT molecular complexity index is 1190. The lowest BCUT2D eigenvalue weighted by atomic mass is 10.0. The molecule has 166 valence electrons. The van der Waals surface area contributed by atoms with E-state index in [2.05, 4.69) is 18.7 Å². The Balaban J connectivity index is 1.31. The third-order valence-electron chi connectivity index (χ3n) is 5.95. The first-order valence-electron chi connectivity index (χ1n) is 10.8. The molecule has 0 atom stereocenters. The molecular formula is C23H29N3O4S. The number of hydrogen-bond acceptors (Lipinski definition) is 5. The van der Waals surface area contributed by atoms with Gasteiger partial charge in [-0.3, -0.25) is 4.57 Å². The fourth-order valence-corrected chi connectivity index (χ4v) is 5.47. The van der Waals surface area contributed by atoms with Crippen LogP contribution in [0.5, 0.6) is 0 Å². The van der Waals surface area contributed by atoms with Gasteiger partial charge < -0.3 is 9.32 Å². The van der Waals surface area contributed by atoms with Crippen molar-refractivity contribution in [1.82, 2.24) is 13.8 Å². The van der Waals surface area contributed by atoms with Crippen molar-refractivity contribution in [3.63, 3.8) is 0 Å². The van der Waals surface area contributed by atoms with Gasteiger partial charge in [0.25, 0.3) is 0 Å². The molecule has 0 bridgehead atoms. The van der Waals surface area contributed by atoms with Crippen LogP contribution < -0.4 is 5.76 Å². The van der Waals surface area contributed by atoms with Crippen LogP contribution in [0.3, 0.4) is 0 Å². The molecule has 3 aromatic rings. The average Bonchev–Trinajstić information content (AvgIpc) is 3.09. The molecule has 1 aliphatic rings. The van der Waals surface area contributed by atoms with Gasteiger partial charge in [-0.15, -0.1) is 0 Å². The summed E-state index contributed by atoms with van der Waals surface area (Å²) in [5, 5.41) is 0. The largest absolute Gasteiger partial charge is 0.419 e. The number of para-hydroxylation sites is 2. The average molecular weight is 444 g/mol. The molecule has 0 amide bonds. The van der Waals surface area contributed by atoms with E-state index in [1.807, 2.05) is 30.3 Å². The van der Waals surface area contributed by atoms with E-state index in [1.54, 1.807) is 27.1 Å². The van der Waals surface area contributed by atoms with Crippen LogP contribution in [0.1, 0.15) is 31.7 Å². The van der Waals surface area contributed by atoms with E-state index in [1.165, 1.54) is 0 Å². The molecule has 4 rings (SSSR count). The molecule has 1 fully saturated rings. The predicted molar refractivity (Wildman–Crippen MR) is 121 cm³/mol. The summed E-state index contributed by atoms with van der Waals surface area (Å²) in [5.41, 5.74) is 2.55. The molecule has 2 aromatic carbocycles. The second-order valence-corrected chi connectivity index (χ2v) is 10.2. The second kappa shape index (κ2) is 8.98. The third-order valence-corrected chi connectivity index (χ3v) is 7.86. The highest BCUT2D eigenvalue weighted by Crippen LogP contribution is 2.21. The van der Waals surface area contributed by atoms with Crippen LogP contribution in [0, 0.1) is 0 Å². The van der Waals surface area contributed by atoms with E-state index in [-0.39, 0.29) is 5.76 Å². The molecule has 0 aliphatic carbocycles. The molecule has 1 aromatic heterocycles. The van der Waals surface area contributed by atoms with Gasteiger partial charge in [-0.05, 0) is 48.7 Å². The maximum Gasteiger partial charge on any atom is 0.419 e. The maximum atomic E-state index is 13.0. The van der Waals surface area contributed by atoms with Gasteiger partial charge in [-0.25, -0.2) is 13.2 Å². The van der Waals surface area contributed by atoms with Crippen molar-refractivity contribution < 1.29 is 12.8 Å². The topological polar surface area (TPSA) is 75.8 Å². The Morgan fingerprint density at radius 1 is 0.935 bits per heavy atom. The summed E-state index contributed by atoms with van der Waals surface area (Å²) in [5.74, 6) is 0.0387. The monoisotopic (exact) mass is 443 g/mol. The van der Waals surface area contributed by atoms with Gasteiger partial charge >= 0.3 is 5.76 Å². The van der Waals surface area contributed by atoms with Crippen molar-refractivity contribution in [2.45, 2.75) is 37.6 Å². The Labute approximate surface area is 182 Å². The molecule has 2 heterocycles. The second-order valence-electron chi connectivity index (χ2n) is 8.31. The van der Waals surface area contributed by atoms with Crippen LogP contribution >= 0.6 is 0 Å². The van der Waals surface area contributed by atoms with E-state index in [9.17, 15) is 13.2 Å². The smallest absolute Gasteiger partial charge is 0.408 e. The molecule has 0 spiro atoms. The summed E-state index contributed by atoms with van der Waals surface area (Å²) >= 11 is 0. The summed E-state index contributed by atoms with van der Waals surface area (Å²) in [6.45, 7) is 7.89. The molecule has 0 unspecified atom stereocenters. The number of benzene rings is 2. The number of oxazole rings is 1. The Morgan fingerprint density at radius 2 is 1.61 bits per heavy atom. The fourth-order valence-electron chi connectivity index (χ4n) is 4.05. The standard InChI is InChI=1S/C23H29N3O4S/c1-18(2)19-8-10-20(11-9-19)31(28,29)25-16-14-24(15-17-25)12-5-13-26-21-6-3-4-7-22(21)30-23(26)27/h3-4,6-11,18H,5,12-17H2,1-2H3. The van der Waals surface area contributed by atoms with Gasteiger partial charge in [0, 0.05) is 32.7 Å². The van der Waals surface area contributed by atoms with Crippen LogP contribution in [0.25, 0.3) is 11.1 Å². The predicted octanol–water partition coefficient (Wildman–Crippen LogP) is 3.11. The summed E-state index contributed by atoms with van der Waals surface area (Å²) in [7, 11) is -3.46. The fraction of sp³-hybridized carbons (Fsp3) is 0.435. The Morgan fingerprint density at radius 3 is 2.29 bits per heavy atom. The Kier molecular flexibility index (Phi) is 6.31. The van der Waals surface area contributed by atoms with Gasteiger partial charge in [0.05, 0.1) is 10.4 Å². The number of nitrogens with zero attached hydrogens (tertiary/aromatic N) is 3. The minimum atomic E-state index is -3.46. The Hall–Kier alpha value is -2.42. The SMILES string of the molecule is CC(C)c1ccc(S(=O)(=O)N2CCN(CCCn3c(=O)oc4ccccc43)CC2)cc1. The van der Waals surface area contributed by atoms with Crippen LogP contribution in [-0.2, 0) is 16.6 Å². The van der Waals surface area contributed by atoms with E-state index in [0.29, 0.717) is 49.1 Å². The minimum Gasteiger partial charge on any atom is -0.408 e. The number of fused-ring (bicyclic) bond motifs is 1. The van der Waals surface area contributed by atoms with Crippen molar-refractivity contribution in [1.29, 1.82) is 0 Å². The highest BCUT2D eigenvalue weighted by atomic mass is 32.2. The summed E-state index contributed by atoms with van der Waals surface area (Å²) in [4.78, 5) is 14.7. The number of hydrogen-bond donors (Lipinski definition) is 0. The summed E-state index contributed by atoms with van der Waals surface area (Å²) in [6, 6.07) is 14.6. The lowest BCUT2D eigenvalue weighted by Crippen LogP contribution is -2.48. The van der Waals surface area contributed by atoms with Gasteiger partial charge in [0.1, 0.15) is 0 Å². The summed E-state index contributed by atoms with van der Waals surface area (Å²) in [6.07, 6.45) is 0.798. The molecule has 8 heteroatoms. The third kappa shape index (κ3) is 4.61. The quantitative estimate of drug-likeness (QED) is 0.561. The van der Waals surface area contributed by atoms with Crippen molar-refractivity contribution in [3.8, 4) is 0 Å². The molecule has 31 heavy (non-hydrogen) atoms. The number of piperazine rings is 1. The van der Waals surface area contributed by atoms with E-state index in [0.717, 1.165) is 24.0 Å². The van der Waals surface area contributed by atoms with Gasteiger partial charge in [0.15, 0.2) is 5.58 Å². The zero-order valence-electron chi connectivity index (χ0n) is 18.0.